The third-order valence-corrected chi connectivity index (χ3v) is 8.60. The molecule has 4 aliphatic carbocycles. The van der Waals surface area contributed by atoms with Crippen LogP contribution in [-0.2, 0) is 19.1 Å². The largest absolute Gasteiger partial charge is 0.458 e. The average molecular weight is 427 g/mol. The van der Waals surface area contributed by atoms with Gasteiger partial charge in [-0.05, 0) is 61.0 Å². The molecule has 4 aliphatic rings. The number of allylic oxidation sites excluding steroid dienone is 4. The topological polar surface area (TPSA) is 80.7 Å². The highest BCUT2D eigenvalue weighted by atomic mass is 16.5. The molecular formula is C26H34O5. The van der Waals surface area contributed by atoms with Crippen LogP contribution >= 0.6 is 0 Å². The van der Waals surface area contributed by atoms with E-state index in [1.807, 2.05) is 6.08 Å². The SMILES string of the molecule is C#C.CC(=O)OCC(=O)C1[C@@H](C)CC2[C@@H]3CCC4=CC(=O)C=C[C@]4(C)C3C(O)CC21C. The summed E-state index contributed by atoms with van der Waals surface area (Å²) in [6.45, 7) is 7.58. The lowest BCUT2D eigenvalue weighted by Gasteiger charge is -2.58. The number of carbonyl (C=O) groups is 3. The van der Waals surface area contributed by atoms with E-state index in [9.17, 15) is 19.5 Å². The minimum Gasteiger partial charge on any atom is -0.458 e. The van der Waals surface area contributed by atoms with E-state index in [2.05, 4.69) is 33.6 Å². The molecule has 0 aromatic rings. The minimum absolute atomic E-state index is 0.0193. The Morgan fingerprint density at radius 3 is 2.61 bits per heavy atom. The van der Waals surface area contributed by atoms with Crippen molar-refractivity contribution in [1.82, 2.24) is 0 Å². The lowest BCUT2D eigenvalue weighted by Crippen LogP contribution is -2.56. The Kier molecular flexibility index (Phi) is 6.35. The van der Waals surface area contributed by atoms with Crippen molar-refractivity contribution in [1.29, 1.82) is 0 Å². The molecule has 5 nitrogen and oxygen atoms in total. The summed E-state index contributed by atoms with van der Waals surface area (Å²) >= 11 is 0. The van der Waals surface area contributed by atoms with Crippen molar-refractivity contribution in [3.63, 3.8) is 0 Å². The maximum Gasteiger partial charge on any atom is 0.303 e. The van der Waals surface area contributed by atoms with Gasteiger partial charge in [0.25, 0.3) is 0 Å². The molecule has 3 fully saturated rings. The predicted octanol–water partition coefficient (Wildman–Crippen LogP) is 3.51. The molecule has 31 heavy (non-hydrogen) atoms. The number of ketones is 2. The molecule has 5 unspecified atom stereocenters. The molecule has 0 aliphatic heterocycles. The van der Waals surface area contributed by atoms with E-state index in [0.717, 1.165) is 24.8 Å². The van der Waals surface area contributed by atoms with E-state index in [-0.39, 0.29) is 46.8 Å². The van der Waals surface area contributed by atoms with E-state index >= 15 is 0 Å². The number of esters is 1. The molecule has 0 spiro atoms. The van der Waals surface area contributed by atoms with Gasteiger partial charge in [-0.15, -0.1) is 12.8 Å². The zero-order valence-corrected chi connectivity index (χ0v) is 19.0. The van der Waals surface area contributed by atoms with Crippen LogP contribution in [0.2, 0.25) is 0 Å². The van der Waals surface area contributed by atoms with Crippen molar-refractivity contribution < 1.29 is 24.2 Å². The summed E-state index contributed by atoms with van der Waals surface area (Å²) in [5.41, 5.74) is 0.561. The molecule has 0 aromatic carbocycles. The monoisotopic (exact) mass is 426 g/mol. The summed E-state index contributed by atoms with van der Waals surface area (Å²) in [5.74, 6) is 0.319. The molecule has 3 saturated carbocycles. The Morgan fingerprint density at radius 1 is 1.29 bits per heavy atom. The number of terminal acetylenes is 1. The molecule has 1 N–H and O–H groups in total. The molecule has 0 heterocycles. The number of hydrogen-bond acceptors (Lipinski definition) is 5. The molecule has 0 saturated heterocycles. The van der Waals surface area contributed by atoms with Crippen LogP contribution < -0.4 is 0 Å². The molecule has 4 rings (SSSR count). The highest BCUT2D eigenvalue weighted by molar-refractivity contribution is 6.01. The van der Waals surface area contributed by atoms with Crippen LogP contribution in [0.3, 0.4) is 0 Å². The second-order valence-corrected chi connectivity index (χ2v) is 10.2. The number of Topliss-reactive ketones (excluding diaryl/α,β-unsaturated/α-hetero) is 1. The van der Waals surface area contributed by atoms with E-state index in [0.29, 0.717) is 18.3 Å². The van der Waals surface area contributed by atoms with Crippen molar-refractivity contribution in [2.24, 2.45) is 40.4 Å². The van der Waals surface area contributed by atoms with Crippen LogP contribution in [0.25, 0.3) is 0 Å². The molecular weight excluding hydrogens is 392 g/mol. The highest BCUT2D eigenvalue weighted by Crippen LogP contribution is 2.67. The summed E-state index contributed by atoms with van der Waals surface area (Å²) < 4.78 is 5.02. The van der Waals surface area contributed by atoms with Gasteiger partial charge >= 0.3 is 5.97 Å². The van der Waals surface area contributed by atoms with Gasteiger partial charge in [0.05, 0.1) is 6.10 Å². The van der Waals surface area contributed by atoms with E-state index in [4.69, 9.17) is 4.74 Å². The van der Waals surface area contributed by atoms with Gasteiger partial charge in [-0.2, -0.15) is 0 Å². The highest BCUT2D eigenvalue weighted by Gasteiger charge is 2.64. The smallest absolute Gasteiger partial charge is 0.303 e. The van der Waals surface area contributed by atoms with E-state index in [1.54, 1.807) is 12.2 Å². The molecule has 5 heteroatoms. The predicted molar refractivity (Wildman–Crippen MR) is 118 cm³/mol. The van der Waals surface area contributed by atoms with Gasteiger partial charge in [-0.3, -0.25) is 14.4 Å². The second kappa shape index (κ2) is 8.39. The third kappa shape index (κ3) is 3.69. The summed E-state index contributed by atoms with van der Waals surface area (Å²) in [5, 5.41) is 11.3. The Labute approximate surface area is 185 Å². The van der Waals surface area contributed by atoms with Crippen molar-refractivity contribution in [3.8, 4) is 12.8 Å². The Bertz CT molecular complexity index is 851. The first-order valence-corrected chi connectivity index (χ1v) is 11.2. The Morgan fingerprint density at radius 2 is 1.97 bits per heavy atom. The van der Waals surface area contributed by atoms with Gasteiger partial charge in [0.15, 0.2) is 11.6 Å². The van der Waals surface area contributed by atoms with Crippen LogP contribution in [0.1, 0.15) is 53.4 Å². The van der Waals surface area contributed by atoms with Gasteiger partial charge in [0, 0.05) is 24.2 Å². The van der Waals surface area contributed by atoms with Crippen LogP contribution in [0.15, 0.2) is 23.8 Å². The molecule has 0 amide bonds. The number of hydrogen-bond donors (Lipinski definition) is 1. The maximum atomic E-state index is 13.0. The fraction of sp³-hybridized carbons (Fsp3) is 0.654. The third-order valence-electron chi connectivity index (χ3n) is 8.60. The summed E-state index contributed by atoms with van der Waals surface area (Å²) in [4.78, 5) is 36.1. The minimum atomic E-state index is -0.526. The van der Waals surface area contributed by atoms with Gasteiger partial charge < -0.3 is 9.84 Å². The van der Waals surface area contributed by atoms with E-state index < -0.39 is 12.1 Å². The van der Waals surface area contributed by atoms with Crippen LogP contribution in [0.4, 0.5) is 0 Å². The number of carbonyl (C=O) groups excluding carboxylic acids is 3. The molecule has 0 bridgehead atoms. The standard InChI is InChI=1S/C24H32O5.C2H2/c1-13-9-18-17-6-5-15-10-16(26)7-8-23(15,3)22(17)19(27)11-24(18,4)21(13)20(28)12-29-14(2)25;1-2/h7-8,10,13,17-19,21-22,27H,5-6,9,11-12H2,1-4H3;1-2H/t13-,17-,18?,19?,21?,22?,23-,24?;/m0./s1. The molecule has 8 atom stereocenters. The van der Waals surface area contributed by atoms with Crippen LogP contribution in [-0.4, -0.2) is 35.4 Å². The van der Waals surface area contributed by atoms with Gasteiger partial charge in [-0.1, -0.05) is 32.4 Å². The number of rotatable bonds is 3. The Hall–Kier alpha value is -2.19. The first-order chi connectivity index (χ1) is 14.6. The van der Waals surface area contributed by atoms with Gasteiger partial charge in [0.1, 0.15) is 6.61 Å². The maximum absolute atomic E-state index is 13.0. The Balaban J connectivity index is 0.00000132. The van der Waals surface area contributed by atoms with Crippen molar-refractivity contribution in [2.75, 3.05) is 6.61 Å². The summed E-state index contributed by atoms with van der Waals surface area (Å²) in [6, 6.07) is 0. The quantitative estimate of drug-likeness (QED) is 0.552. The van der Waals surface area contributed by atoms with Crippen molar-refractivity contribution >= 4 is 17.5 Å². The van der Waals surface area contributed by atoms with Crippen molar-refractivity contribution in [3.05, 3.63) is 23.8 Å². The average Bonchev–Trinajstić information content (AvgIpc) is 2.97. The normalized spacial score (nSPS) is 42.8. The van der Waals surface area contributed by atoms with Crippen LogP contribution in [0, 0.1) is 53.3 Å². The first kappa shape index (κ1) is 23.5. The lowest BCUT2D eigenvalue weighted by atomic mass is 9.46. The fourth-order valence-electron chi connectivity index (χ4n) is 7.64. The number of aliphatic hydroxyl groups excluding tert-OH is 1. The first-order valence-electron chi connectivity index (χ1n) is 11.2. The number of fused-ring (bicyclic) bond motifs is 5. The number of aliphatic hydroxyl groups is 1. The fourth-order valence-corrected chi connectivity index (χ4v) is 7.64. The van der Waals surface area contributed by atoms with Crippen LogP contribution in [0.5, 0.6) is 0 Å². The number of ether oxygens (including phenoxy) is 1. The molecule has 0 radical (unpaired) electrons. The lowest BCUT2D eigenvalue weighted by molar-refractivity contribution is -0.152. The zero-order valence-electron chi connectivity index (χ0n) is 19.0. The van der Waals surface area contributed by atoms with Crippen molar-refractivity contribution in [2.45, 2.75) is 59.5 Å². The van der Waals surface area contributed by atoms with Gasteiger partial charge in [0.2, 0.25) is 0 Å². The molecule has 168 valence electrons. The zero-order chi connectivity index (χ0) is 23.1. The molecule has 0 aromatic heterocycles. The summed E-state index contributed by atoms with van der Waals surface area (Å²) in [7, 11) is 0. The van der Waals surface area contributed by atoms with E-state index in [1.165, 1.54) is 6.92 Å². The van der Waals surface area contributed by atoms with Gasteiger partial charge in [-0.25, -0.2) is 0 Å². The summed E-state index contributed by atoms with van der Waals surface area (Å²) in [6.07, 6.45) is 16.2. The second-order valence-electron chi connectivity index (χ2n) is 10.2.